The topological polar surface area (TPSA) is 61.8 Å². The molecule has 2 bridgehead atoms. The van der Waals surface area contributed by atoms with Crippen molar-refractivity contribution >= 4 is 11.9 Å². The van der Waals surface area contributed by atoms with Crippen LogP contribution < -0.4 is 0 Å². The number of hydrogen-bond donors (Lipinski definition) is 0. The number of esters is 2. The first-order valence-corrected chi connectivity index (χ1v) is 9.68. The number of ether oxygens (including phenoxy) is 3. The van der Waals surface area contributed by atoms with Crippen LogP contribution in [0.1, 0.15) is 64.7 Å². The summed E-state index contributed by atoms with van der Waals surface area (Å²) in [5, 5.41) is 0. The lowest BCUT2D eigenvalue weighted by Crippen LogP contribution is -2.26. The van der Waals surface area contributed by atoms with Gasteiger partial charge in [-0.2, -0.15) is 0 Å². The highest BCUT2D eigenvalue weighted by Crippen LogP contribution is 2.52. The molecule has 4 atom stereocenters. The van der Waals surface area contributed by atoms with Crippen molar-refractivity contribution in [1.29, 1.82) is 0 Å². The summed E-state index contributed by atoms with van der Waals surface area (Å²) in [5.74, 6) is 0.495. The van der Waals surface area contributed by atoms with Gasteiger partial charge in [0.1, 0.15) is 6.10 Å². The fourth-order valence-corrected chi connectivity index (χ4v) is 4.78. The molecule has 3 rings (SSSR count). The molecule has 3 aliphatic rings. The largest absolute Gasteiger partial charge is 0.459 e. The van der Waals surface area contributed by atoms with E-state index in [9.17, 15) is 9.59 Å². The third-order valence-corrected chi connectivity index (χ3v) is 6.12. The van der Waals surface area contributed by atoms with Gasteiger partial charge in [0.2, 0.25) is 0 Å². The Labute approximate surface area is 150 Å². The van der Waals surface area contributed by atoms with Gasteiger partial charge in [0.25, 0.3) is 0 Å². The SMILES string of the molecule is C=C(C)C(=O)OC1CC2CCC1C2CC(=O)OCOC1CCCCC1. The summed E-state index contributed by atoms with van der Waals surface area (Å²) in [6.07, 6.45) is 9.40. The van der Waals surface area contributed by atoms with E-state index in [1.54, 1.807) is 6.92 Å². The minimum Gasteiger partial charge on any atom is -0.459 e. The molecule has 0 aliphatic heterocycles. The van der Waals surface area contributed by atoms with Gasteiger partial charge >= 0.3 is 11.9 Å². The van der Waals surface area contributed by atoms with Crippen molar-refractivity contribution in [3.05, 3.63) is 12.2 Å². The molecule has 0 aromatic rings. The van der Waals surface area contributed by atoms with Gasteiger partial charge in [-0.1, -0.05) is 25.8 Å². The molecule has 25 heavy (non-hydrogen) atoms. The van der Waals surface area contributed by atoms with Crippen LogP contribution >= 0.6 is 0 Å². The molecule has 0 amide bonds. The van der Waals surface area contributed by atoms with Crippen LogP contribution in [0.2, 0.25) is 0 Å². The van der Waals surface area contributed by atoms with Crippen molar-refractivity contribution in [2.75, 3.05) is 6.79 Å². The summed E-state index contributed by atoms with van der Waals surface area (Å²) in [5.41, 5.74) is 0.429. The Morgan fingerprint density at radius 2 is 1.84 bits per heavy atom. The van der Waals surface area contributed by atoms with E-state index in [1.807, 2.05) is 0 Å². The van der Waals surface area contributed by atoms with Gasteiger partial charge in [-0.25, -0.2) is 4.79 Å². The second-order valence-corrected chi connectivity index (χ2v) is 7.89. The van der Waals surface area contributed by atoms with Crippen molar-refractivity contribution in [2.45, 2.75) is 76.9 Å². The van der Waals surface area contributed by atoms with E-state index in [1.165, 1.54) is 19.3 Å². The molecule has 0 saturated heterocycles. The maximum Gasteiger partial charge on any atom is 0.333 e. The first kappa shape index (κ1) is 18.4. The van der Waals surface area contributed by atoms with Crippen LogP contribution in [0.3, 0.4) is 0 Å². The third-order valence-electron chi connectivity index (χ3n) is 6.12. The van der Waals surface area contributed by atoms with E-state index in [0.29, 0.717) is 17.9 Å². The molecule has 3 aliphatic carbocycles. The molecule has 0 radical (unpaired) electrons. The third kappa shape index (κ3) is 4.63. The smallest absolute Gasteiger partial charge is 0.333 e. The predicted molar refractivity (Wildman–Crippen MR) is 92.5 cm³/mol. The molecule has 0 spiro atoms. The molecule has 0 aromatic heterocycles. The van der Waals surface area contributed by atoms with Crippen LogP contribution in [0.25, 0.3) is 0 Å². The minimum atomic E-state index is -0.320. The fraction of sp³-hybridized carbons (Fsp3) is 0.800. The van der Waals surface area contributed by atoms with E-state index < -0.39 is 0 Å². The van der Waals surface area contributed by atoms with E-state index in [2.05, 4.69) is 6.58 Å². The summed E-state index contributed by atoms with van der Waals surface area (Å²) in [6.45, 7) is 5.37. The van der Waals surface area contributed by atoms with E-state index in [0.717, 1.165) is 32.1 Å². The molecule has 3 saturated carbocycles. The molecular weight excluding hydrogens is 320 g/mol. The maximum atomic E-state index is 12.2. The van der Waals surface area contributed by atoms with Gasteiger partial charge in [0.15, 0.2) is 6.79 Å². The van der Waals surface area contributed by atoms with Crippen LogP contribution in [0.4, 0.5) is 0 Å². The Morgan fingerprint density at radius 1 is 1.08 bits per heavy atom. The maximum absolute atomic E-state index is 12.2. The number of rotatable bonds is 7. The van der Waals surface area contributed by atoms with Crippen molar-refractivity contribution in [3.8, 4) is 0 Å². The van der Waals surface area contributed by atoms with Crippen molar-refractivity contribution in [3.63, 3.8) is 0 Å². The molecule has 140 valence electrons. The van der Waals surface area contributed by atoms with Gasteiger partial charge in [-0.3, -0.25) is 4.79 Å². The van der Waals surface area contributed by atoms with Gasteiger partial charge in [-0.15, -0.1) is 0 Å². The number of carbonyl (C=O) groups excluding carboxylic acids is 2. The Kier molecular flexibility index (Phi) is 6.15. The summed E-state index contributed by atoms with van der Waals surface area (Å²) >= 11 is 0. The summed E-state index contributed by atoms with van der Waals surface area (Å²) in [4.78, 5) is 23.9. The average Bonchev–Trinajstić information content (AvgIpc) is 3.12. The predicted octanol–water partition coefficient (Wildman–Crippen LogP) is 3.76. The van der Waals surface area contributed by atoms with Gasteiger partial charge in [0.05, 0.1) is 6.10 Å². The van der Waals surface area contributed by atoms with E-state index in [4.69, 9.17) is 14.2 Å². The van der Waals surface area contributed by atoms with Crippen LogP contribution in [0.5, 0.6) is 0 Å². The zero-order chi connectivity index (χ0) is 17.8. The fourth-order valence-electron chi connectivity index (χ4n) is 4.78. The second-order valence-electron chi connectivity index (χ2n) is 7.89. The normalized spacial score (nSPS) is 31.7. The van der Waals surface area contributed by atoms with Crippen molar-refractivity contribution < 1.29 is 23.8 Å². The zero-order valence-corrected chi connectivity index (χ0v) is 15.2. The minimum absolute atomic E-state index is 0.0691. The summed E-state index contributed by atoms with van der Waals surface area (Å²) < 4.78 is 16.5. The van der Waals surface area contributed by atoms with Gasteiger partial charge in [0, 0.05) is 12.0 Å². The first-order valence-electron chi connectivity index (χ1n) is 9.68. The van der Waals surface area contributed by atoms with Crippen LogP contribution in [0, 0.1) is 17.8 Å². The highest BCUT2D eigenvalue weighted by molar-refractivity contribution is 5.87. The molecule has 0 N–H and O–H groups in total. The van der Waals surface area contributed by atoms with E-state index >= 15 is 0 Å². The number of carbonyl (C=O) groups is 2. The lowest BCUT2D eigenvalue weighted by molar-refractivity contribution is -0.163. The summed E-state index contributed by atoms with van der Waals surface area (Å²) in [6, 6.07) is 0. The van der Waals surface area contributed by atoms with Crippen LogP contribution in [-0.2, 0) is 23.8 Å². The lowest BCUT2D eigenvalue weighted by atomic mass is 9.94. The molecule has 0 heterocycles. The number of fused-ring (bicyclic) bond motifs is 2. The monoisotopic (exact) mass is 350 g/mol. The second kappa shape index (κ2) is 8.35. The molecule has 4 unspecified atom stereocenters. The summed E-state index contributed by atoms with van der Waals surface area (Å²) in [7, 11) is 0. The molecule has 5 heteroatoms. The Hall–Kier alpha value is -1.36. The molecule has 3 fully saturated rings. The quantitative estimate of drug-likeness (QED) is 0.397. The van der Waals surface area contributed by atoms with Crippen LogP contribution in [-0.4, -0.2) is 30.9 Å². The highest BCUT2D eigenvalue weighted by atomic mass is 16.7. The zero-order valence-electron chi connectivity index (χ0n) is 15.2. The highest BCUT2D eigenvalue weighted by Gasteiger charge is 2.50. The Morgan fingerprint density at radius 3 is 2.56 bits per heavy atom. The first-order chi connectivity index (χ1) is 12.0. The van der Waals surface area contributed by atoms with Crippen molar-refractivity contribution in [1.82, 2.24) is 0 Å². The Balaban J connectivity index is 1.41. The van der Waals surface area contributed by atoms with Crippen LogP contribution in [0.15, 0.2) is 12.2 Å². The van der Waals surface area contributed by atoms with E-state index in [-0.39, 0.29) is 42.8 Å². The standard InChI is InChI=1S/C20H30O5/c1-13(2)20(22)25-18-10-14-8-9-16(18)17(14)11-19(21)24-12-23-15-6-4-3-5-7-15/h14-18H,1,3-12H2,2H3. The molecular formula is C20H30O5. The molecule has 0 aromatic carbocycles. The van der Waals surface area contributed by atoms with Crippen molar-refractivity contribution in [2.24, 2.45) is 17.8 Å². The lowest BCUT2D eigenvalue weighted by Gasteiger charge is -2.23. The molecule has 5 nitrogen and oxygen atoms in total. The van der Waals surface area contributed by atoms with Gasteiger partial charge in [-0.05, 0) is 56.8 Å². The number of hydrogen-bond acceptors (Lipinski definition) is 5. The average molecular weight is 350 g/mol. The van der Waals surface area contributed by atoms with Gasteiger partial charge < -0.3 is 14.2 Å². The Bertz CT molecular complexity index is 508.